The summed E-state index contributed by atoms with van der Waals surface area (Å²) in [5.74, 6) is 0.457. The van der Waals surface area contributed by atoms with Crippen molar-refractivity contribution in [2.24, 2.45) is 5.73 Å². The number of primary amides is 1. The molecule has 0 aliphatic heterocycles. The van der Waals surface area contributed by atoms with E-state index in [-0.39, 0.29) is 0 Å². The van der Waals surface area contributed by atoms with Crippen LogP contribution in [0, 0.1) is 0 Å². The molecule has 0 aliphatic carbocycles. The van der Waals surface area contributed by atoms with Gasteiger partial charge in [0.1, 0.15) is 5.82 Å². The molecule has 0 bridgehead atoms. The number of rotatable bonds is 4. The van der Waals surface area contributed by atoms with Gasteiger partial charge in [-0.05, 0) is 45.8 Å². The van der Waals surface area contributed by atoms with Crippen LogP contribution in [0.4, 0.5) is 5.82 Å². The van der Waals surface area contributed by atoms with Gasteiger partial charge in [-0.25, -0.2) is 4.98 Å². The van der Waals surface area contributed by atoms with Crippen molar-refractivity contribution in [3.8, 4) is 0 Å². The molecule has 2 N–H and O–H groups in total. The molecule has 0 spiro atoms. The molecular weight excluding hydrogens is 306 g/mol. The number of carbonyl (C=O) groups excluding carboxylic acids is 1. The Hall–Kier alpha value is -1.88. The summed E-state index contributed by atoms with van der Waals surface area (Å²) in [4.78, 5) is 17.5. The summed E-state index contributed by atoms with van der Waals surface area (Å²) in [7, 11) is 1.95. The third-order valence-electron chi connectivity index (χ3n) is 2.73. The van der Waals surface area contributed by atoms with Crippen LogP contribution in [0.25, 0.3) is 0 Å². The summed E-state index contributed by atoms with van der Waals surface area (Å²) in [5, 5.41) is 0. The van der Waals surface area contributed by atoms with E-state index in [0.29, 0.717) is 12.1 Å². The maximum absolute atomic E-state index is 11.1. The molecular formula is C14H14BrN3O. The number of anilines is 1. The highest BCUT2D eigenvalue weighted by Crippen LogP contribution is 2.16. The van der Waals surface area contributed by atoms with Crippen LogP contribution >= 0.6 is 15.9 Å². The normalized spacial score (nSPS) is 10.2. The minimum atomic E-state index is -0.411. The van der Waals surface area contributed by atoms with Crippen LogP contribution in [0.1, 0.15) is 15.9 Å². The number of hydrogen-bond acceptors (Lipinski definition) is 3. The van der Waals surface area contributed by atoms with Crippen molar-refractivity contribution in [3.05, 3.63) is 58.2 Å². The number of nitrogens with two attached hydrogens (primary N) is 1. The number of hydrogen-bond donors (Lipinski definition) is 1. The number of aromatic nitrogens is 1. The van der Waals surface area contributed by atoms with Crippen molar-refractivity contribution in [2.45, 2.75) is 6.54 Å². The summed E-state index contributed by atoms with van der Waals surface area (Å²) in [5.41, 5.74) is 6.81. The van der Waals surface area contributed by atoms with Crippen molar-refractivity contribution < 1.29 is 4.79 Å². The highest BCUT2D eigenvalue weighted by Gasteiger charge is 2.06. The molecule has 19 heavy (non-hydrogen) atoms. The molecule has 0 atom stereocenters. The lowest BCUT2D eigenvalue weighted by Crippen LogP contribution is -2.18. The summed E-state index contributed by atoms with van der Waals surface area (Å²) in [6, 6.07) is 11.2. The van der Waals surface area contributed by atoms with Gasteiger partial charge in [-0.3, -0.25) is 4.79 Å². The predicted octanol–water partition coefficient (Wildman–Crippen LogP) is 2.58. The topological polar surface area (TPSA) is 59.2 Å². The first-order valence-electron chi connectivity index (χ1n) is 5.77. The Labute approximate surface area is 120 Å². The van der Waals surface area contributed by atoms with Crippen LogP contribution in [-0.2, 0) is 6.54 Å². The number of amides is 1. The van der Waals surface area contributed by atoms with Crippen molar-refractivity contribution in [1.82, 2.24) is 4.98 Å². The molecule has 0 saturated heterocycles. The molecule has 2 aromatic rings. The highest BCUT2D eigenvalue weighted by atomic mass is 79.9. The molecule has 1 aromatic carbocycles. The average Bonchev–Trinajstić information content (AvgIpc) is 2.39. The fourth-order valence-electron chi connectivity index (χ4n) is 1.77. The van der Waals surface area contributed by atoms with Gasteiger partial charge in [-0.15, -0.1) is 0 Å². The molecule has 1 amide bonds. The zero-order valence-corrected chi connectivity index (χ0v) is 12.1. The van der Waals surface area contributed by atoms with E-state index in [4.69, 9.17) is 5.73 Å². The number of benzene rings is 1. The van der Waals surface area contributed by atoms with Gasteiger partial charge < -0.3 is 10.6 Å². The number of carbonyl (C=O) groups is 1. The lowest BCUT2D eigenvalue weighted by molar-refractivity contribution is 0.1000. The molecule has 1 heterocycles. The van der Waals surface area contributed by atoms with E-state index in [2.05, 4.69) is 20.9 Å². The highest BCUT2D eigenvalue weighted by molar-refractivity contribution is 9.10. The first kappa shape index (κ1) is 13.5. The smallest absolute Gasteiger partial charge is 0.248 e. The van der Waals surface area contributed by atoms with Crippen LogP contribution in [0.5, 0.6) is 0 Å². The SMILES string of the molecule is CN(Cc1cccc(C(N)=O)c1)c1ccc(Br)cn1. The molecule has 0 fully saturated rings. The Morgan fingerprint density at radius 3 is 2.79 bits per heavy atom. The molecule has 0 unspecified atom stereocenters. The minimum absolute atomic E-state index is 0.411. The summed E-state index contributed by atoms with van der Waals surface area (Å²) >= 11 is 3.35. The van der Waals surface area contributed by atoms with E-state index >= 15 is 0 Å². The fourth-order valence-corrected chi connectivity index (χ4v) is 2.01. The van der Waals surface area contributed by atoms with E-state index in [1.165, 1.54) is 0 Å². The van der Waals surface area contributed by atoms with Crippen molar-refractivity contribution >= 4 is 27.7 Å². The van der Waals surface area contributed by atoms with Crippen LogP contribution in [-0.4, -0.2) is 17.9 Å². The molecule has 0 radical (unpaired) electrons. The van der Waals surface area contributed by atoms with Gasteiger partial charge in [0.25, 0.3) is 0 Å². The quantitative estimate of drug-likeness (QED) is 0.942. The molecule has 2 rings (SSSR count). The second-order valence-corrected chi connectivity index (χ2v) is 5.17. The van der Waals surface area contributed by atoms with Gasteiger partial charge in [0.05, 0.1) is 0 Å². The Morgan fingerprint density at radius 2 is 2.16 bits per heavy atom. The number of pyridine rings is 1. The third kappa shape index (κ3) is 3.54. The third-order valence-corrected chi connectivity index (χ3v) is 3.20. The van der Waals surface area contributed by atoms with Crippen molar-refractivity contribution in [3.63, 3.8) is 0 Å². The molecule has 4 nitrogen and oxygen atoms in total. The standard InChI is InChI=1S/C14H14BrN3O/c1-18(13-6-5-12(15)8-17-13)9-10-3-2-4-11(7-10)14(16)19/h2-8H,9H2,1H3,(H2,16,19). The van der Waals surface area contributed by atoms with Crippen molar-refractivity contribution in [2.75, 3.05) is 11.9 Å². The maximum Gasteiger partial charge on any atom is 0.248 e. The molecule has 0 saturated carbocycles. The van der Waals surface area contributed by atoms with E-state index in [0.717, 1.165) is 15.9 Å². The molecule has 1 aromatic heterocycles. The van der Waals surface area contributed by atoms with Gasteiger partial charge in [0.15, 0.2) is 0 Å². The van der Waals surface area contributed by atoms with Crippen LogP contribution < -0.4 is 10.6 Å². The molecule has 98 valence electrons. The van der Waals surface area contributed by atoms with Crippen LogP contribution in [0.15, 0.2) is 47.1 Å². The van der Waals surface area contributed by atoms with E-state index < -0.39 is 5.91 Å². The molecule has 0 aliphatic rings. The lowest BCUT2D eigenvalue weighted by atomic mass is 10.1. The summed E-state index contributed by atoms with van der Waals surface area (Å²) in [6.45, 7) is 0.662. The fraction of sp³-hybridized carbons (Fsp3) is 0.143. The van der Waals surface area contributed by atoms with Gasteiger partial charge in [0, 0.05) is 29.8 Å². The Morgan fingerprint density at radius 1 is 1.37 bits per heavy atom. The minimum Gasteiger partial charge on any atom is -0.366 e. The second-order valence-electron chi connectivity index (χ2n) is 4.26. The first-order valence-corrected chi connectivity index (χ1v) is 6.57. The first-order chi connectivity index (χ1) is 9.06. The predicted molar refractivity (Wildman–Crippen MR) is 79.0 cm³/mol. The van der Waals surface area contributed by atoms with Crippen molar-refractivity contribution in [1.29, 1.82) is 0 Å². The monoisotopic (exact) mass is 319 g/mol. The van der Waals surface area contributed by atoms with E-state index in [9.17, 15) is 4.79 Å². The zero-order chi connectivity index (χ0) is 13.8. The van der Waals surface area contributed by atoms with Crippen LogP contribution in [0.2, 0.25) is 0 Å². The Bertz CT molecular complexity index is 583. The Kier molecular flexibility index (Phi) is 4.16. The van der Waals surface area contributed by atoms with Gasteiger partial charge in [0.2, 0.25) is 5.91 Å². The second kappa shape index (κ2) is 5.84. The summed E-state index contributed by atoms with van der Waals surface area (Å²) < 4.78 is 0.945. The zero-order valence-electron chi connectivity index (χ0n) is 10.5. The Balaban J connectivity index is 2.14. The molecule has 5 heteroatoms. The average molecular weight is 320 g/mol. The van der Waals surface area contributed by atoms with Gasteiger partial charge >= 0.3 is 0 Å². The van der Waals surface area contributed by atoms with E-state index in [1.54, 1.807) is 18.3 Å². The van der Waals surface area contributed by atoms with Gasteiger partial charge in [-0.1, -0.05) is 12.1 Å². The maximum atomic E-state index is 11.1. The van der Waals surface area contributed by atoms with Gasteiger partial charge in [-0.2, -0.15) is 0 Å². The number of halogens is 1. The summed E-state index contributed by atoms with van der Waals surface area (Å²) in [6.07, 6.45) is 1.76. The van der Waals surface area contributed by atoms with E-state index in [1.807, 2.05) is 36.2 Å². The largest absolute Gasteiger partial charge is 0.366 e. The lowest BCUT2D eigenvalue weighted by Gasteiger charge is -2.18. The number of nitrogens with zero attached hydrogens (tertiary/aromatic N) is 2. The van der Waals surface area contributed by atoms with Crippen LogP contribution in [0.3, 0.4) is 0 Å².